The van der Waals surface area contributed by atoms with E-state index in [2.05, 4.69) is 29.9 Å². The Morgan fingerprint density at radius 3 is 2.80 bits per heavy atom. The number of aliphatic hydroxyl groups is 2. The van der Waals surface area contributed by atoms with Crippen molar-refractivity contribution in [2.45, 2.75) is 68.4 Å². The third-order valence-electron chi connectivity index (χ3n) is 11.8. The summed E-state index contributed by atoms with van der Waals surface area (Å²) in [4.78, 5) is 23.7. The molecule has 234 valence electrons. The molecule has 4 aromatic rings. The lowest BCUT2D eigenvalue weighted by Gasteiger charge is -2.60. The van der Waals surface area contributed by atoms with Gasteiger partial charge in [0.1, 0.15) is 21.7 Å². The molecule has 2 N–H and O–H groups in total. The van der Waals surface area contributed by atoms with Crippen molar-refractivity contribution in [3.63, 3.8) is 0 Å². The van der Waals surface area contributed by atoms with E-state index < -0.39 is 17.1 Å². The minimum absolute atomic E-state index is 0.0649. The van der Waals surface area contributed by atoms with Crippen LogP contribution in [0.2, 0.25) is 0 Å². The summed E-state index contributed by atoms with van der Waals surface area (Å²) < 4.78 is 8.14. The molecule has 7 atom stereocenters. The van der Waals surface area contributed by atoms with E-state index in [1.54, 1.807) is 13.3 Å². The molecule has 4 aliphatic carbocycles. The van der Waals surface area contributed by atoms with Crippen LogP contribution in [0.5, 0.6) is 5.75 Å². The molecule has 45 heavy (non-hydrogen) atoms. The Hall–Kier alpha value is -3.05. The van der Waals surface area contributed by atoms with Gasteiger partial charge in [-0.05, 0) is 110 Å². The van der Waals surface area contributed by atoms with Gasteiger partial charge in [0.25, 0.3) is 0 Å². The Balaban J connectivity index is 1.04. The number of thioether (sulfide) groups is 1. The van der Waals surface area contributed by atoms with Gasteiger partial charge in [-0.1, -0.05) is 42.5 Å². The van der Waals surface area contributed by atoms with E-state index in [0.29, 0.717) is 12.8 Å². The first-order valence-electron chi connectivity index (χ1n) is 15.8. The van der Waals surface area contributed by atoms with Gasteiger partial charge in [0, 0.05) is 11.6 Å². The summed E-state index contributed by atoms with van der Waals surface area (Å²) in [6.07, 6.45) is 9.83. The molecule has 0 bridgehead atoms. The fourth-order valence-electron chi connectivity index (χ4n) is 9.64. The van der Waals surface area contributed by atoms with Crippen LogP contribution in [-0.2, 0) is 11.2 Å². The first-order chi connectivity index (χ1) is 21.6. The van der Waals surface area contributed by atoms with Crippen molar-refractivity contribution in [1.82, 2.24) is 19.7 Å². The highest BCUT2D eigenvalue weighted by atomic mass is 32.2. The number of fused-ring (bicyclic) bond motifs is 7. The van der Waals surface area contributed by atoms with E-state index in [-0.39, 0.29) is 34.7 Å². The van der Waals surface area contributed by atoms with Crippen LogP contribution < -0.4 is 4.74 Å². The quantitative estimate of drug-likeness (QED) is 0.242. The summed E-state index contributed by atoms with van der Waals surface area (Å²) in [6.45, 7) is 4.39. The number of carbonyl (C=O) groups is 1. The molecule has 0 amide bonds. The van der Waals surface area contributed by atoms with Crippen LogP contribution in [0.4, 0.5) is 0 Å². The number of thiazole rings is 1. The molecule has 4 aliphatic rings. The Kier molecular flexibility index (Phi) is 6.84. The molecule has 10 heteroatoms. The number of aliphatic hydroxyl groups excluding tert-OH is 1. The number of rotatable bonds is 6. The number of hydrogen-bond acceptors (Lipinski definition) is 9. The SMILES string of the molecule is COc1ccc(-n2ncc3c2C=C2CCC4C(C(O)CC5(C)C4CCC5(O)C(=O)CSc4nc5cccnc5s4)C2(C)C3)cc1. The lowest BCUT2D eigenvalue weighted by atomic mass is 9.45. The van der Waals surface area contributed by atoms with E-state index >= 15 is 0 Å². The predicted molar refractivity (Wildman–Crippen MR) is 176 cm³/mol. The highest BCUT2D eigenvalue weighted by Crippen LogP contribution is 2.67. The van der Waals surface area contributed by atoms with Gasteiger partial charge in [-0.3, -0.25) is 4.79 Å². The van der Waals surface area contributed by atoms with Gasteiger partial charge in [0.2, 0.25) is 0 Å². The molecule has 0 spiro atoms. The molecule has 3 heterocycles. The van der Waals surface area contributed by atoms with Crippen LogP contribution in [0, 0.1) is 28.6 Å². The Morgan fingerprint density at radius 1 is 1.20 bits per heavy atom. The van der Waals surface area contributed by atoms with Crippen LogP contribution >= 0.6 is 23.1 Å². The number of methoxy groups -OCH3 is 1. The van der Waals surface area contributed by atoms with Crippen molar-refractivity contribution in [2.24, 2.45) is 28.6 Å². The highest BCUT2D eigenvalue weighted by molar-refractivity contribution is 8.01. The zero-order valence-electron chi connectivity index (χ0n) is 25.8. The molecule has 7 unspecified atom stereocenters. The maximum atomic E-state index is 13.8. The summed E-state index contributed by atoms with van der Waals surface area (Å²) in [5.74, 6) is 1.31. The monoisotopic (exact) mass is 642 g/mol. The van der Waals surface area contributed by atoms with E-state index in [1.807, 2.05) is 47.3 Å². The van der Waals surface area contributed by atoms with Gasteiger partial charge in [-0.2, -0.15) is 5.10 Å². The number of carbonyl (C=O) groups excluding carboxylic acids is 1. The molecular weight excluding hydrogens is 605 g/mol. The summed E-state index contributed by atoms with van der Waals surface area (Å²) in [6, 6.07) is 11.7. The minimum Gasteiger partial charge on any atom is -0.497 e. The summed E-state index contributed by atoms with van der Waals surface area (Å²) in [5.41, 5.74) is 3.17. The van der Waals surface area contributed by atoms with Crippen molar-refractivity contribution in [3.8, 4) is 11.4 Å². The van der Waals surface area contributed by atoms with Gasteiger partial charge in [-0.25, -0.2) is 14.6 Å². The minimum atomic E-state index is -1.46. The number of ketones is 1. The third kappa shape index (κ3) is 4.32. The van der Waals surface area contributed by atoms with Crippen LogP contribution in [0.3, 0.4) is 0 Å². The third-order valence-corrected chi connectivity index (χ3v) is 14.0. The normalized spacial score (nSPS) is 33.6. The first-order valence-corrected chi connectivity index (χ1v) is 17.7. The van der Waals surface area contributed by atoms with Crippen molar-refractivity contribution < 1.29 is 19.7 Å². The fraction of sp³-hybridized carbons (Fsp3) is 0.486. The predicted octanol–water partition coefficient (Wildman–Crippen LogP) is 6.13. The number of nitrogens with zero attached hydrogens (tertiary/aromatic N) is 4. The van der Waals surface area contributed by atoms with Gasteiger partial charge in [0.05, 0.1) is 36.5 Å². The number of benzene rings is 1. The Labute approximate surface area is 270 Å². The van der Waals surface area contributed by atoms with Crippen molar-refractivity contribution in [3.05, 3.63) is 65.6 Å². The molecule has 3 aromatic heterocycles. The van der Waals surface area contributed by atoms with Crippen molar-refractivity contribution >= 4 is 45.3 Å². The lowest BCUT2D eigenvalue weighted by Crippen LogP contribution is -2.62. The number of allylic oxidation sites excluding steroid dienone is 1. The van der Waals surface area contributed by atoms with Gasteiger partial charge in [0.15, 0.2) is 10.1 Å². The van der Waals surface area contributed by atoms with E-state index in [0.717, 1.165) is 57.5 Å². The topological polar surface area (TPSA) is 110 Å². The summed E-state index contributed by atoms with van der Waals surface area (Å²) in [7, 11) is 1.67. The van der Waals surface area contributed by atoms with E-state index in [9.17, 15) is 15.0 Å². The molecule has 1 aromatic carbocycles. The zero-order chi connectivity index (χ0) is 31.1. The number of aromatic nitrogens is 4. The van der Waals surface area contributed by atoms with Crippen LogP contribution in [0.1, 0.15) is 57.2 Å². The second-order valence-corrected chi connectivity index (χ2v) is 16.1. The lowest BCUT2D eigenvalue weighted by molar-refractivity contribution is -0.177. The van der Waals surface area contributed by atoms with Crippen LogP contribution in [0.25, 0.3) is 22.1 Å². The largest absolute Gasteiger partial charge is 0.497 e. The van der Waals surface area contributed by atoms with Gasteiger partial charge in [-0.15, -0.1) is 0 Å². The maximum Gasteiger partial charge on any atom is 0.175 e. The maximum absolute atomic E-state index is 13.8. The number of hydrogen-bond donors (Lipinski definition) is 2. The zero-order valence-corrected chi connectivity index (χ0v) is 27.4. The summed E-state index contributed by atoms with van der Waals surface area (Å²) >= 11 is 2.86. The molecule has 3 saturated carbocycles. The van der Waals surface area contributed by atoms with Gasteiger partial charge >= 0.3 is 0 Å². The fourth-order valence-corrected chi connectivity index (χ4v) is 11.6. The smallest absolute Gasteiger partial charge is 0.175 e. The Bertz CT molecular complexity index is 1800. The van der Waals surface area contributed by atoms with Gasteiger partial charge < -0.3 is 14.9 Å². The second kappa shape index (κ2) is 10.5. The van der Waals surface area contributed by atoms with Crippen molar-refractivity contribution in [1.29, 1.82) is 0 Å². The molecule has 0 aliphatic heterocycles. The molecule has 8 rings (SSSR count). The second-order valence-electron chi connectivity index (χ2n) is 13.9. The average molecular weight is 643 g/mol. The van der Waals surface area contributed by atoms with Crippen LogP contribution in [0.15, 0.2) is 58.7 Å². The van der Waals surface area contributed by atoms with Crippen LogP contribution in [-0.4, -0.2) is 60.3 Å². The van der Waals surface area contributed by atoms with E-state index in [4.69, 9.17) is 9.84 Å². The number of ether oxygens (including phenoxy) is 1. The highest BCUT2D eigenvalue weighted by Gasteiger charge is 2.68. The number of Topliss-reactive ketones (excluding diaryl/α,β-unsaturated/α-hetero) is 1. The average Bonchev–Trinajstić information content (AvgIpc) is 3.71. The molecule has 3 fully saturated rings. The molecule has 8 nitrogen and oxygen atoms in total. The van der Waals surface area contributed by atoms with Crippen molar-refractivity contribution in [2.75, 3.05) is 12.9 Å². The molecule has 0 radical (unpaired) electrons. The summed E-state index contributed by atoms with van der Waals surface area (Å²) in [5, 5.41) is 29.0. The Morgan fingerprint density at radius 2 is 2.02 bits per heavy atom. The molecular formula is C35H38N4O4S2. The van der Waals surface area contributed by atoms with E-state index in [1.165, 1.54) is 34.2 Å². The standard InChI is InChI=1S/C35H38N4O4S2/c1-33-16-20-18-37-39(22-7-9-23(43-3)10-8-22)27(20)15-21(33)6-11-24-25-12-13-35(42,34(25,2)17-28(40)30(24)33)29(41)19-44-32-38-26-5-4-14-36-31(26)45-32/h4-5,7-10,14-15,18,24-25,28,30,40,42H,6,11-13,16-17,19H2,1-3H3. The first kappa shape index (κ1) is 29.4. The molecule has 0 saturated heterocycles. The number of pyridine rings is 1.